The van der Waals surface area contributed by atoms with Gasteiger partial charge in [-0.25, -0.2) is 9.97 Å². The summed E-state index contributed by atoms with van der Waals surface area (Å²) in [4.78, 5) is 8.18. The summed E-state index contributed by atoms with van der Waals surface area (Å²) in [7, 11) is 1.84. The zero-order chi connectivity index (χ0) is 11.2. The van der Waals surface area contributed by atoms with Gasteiger partial charge in [0, 0.05) is 38.6 Å². The van der Waals surface area contributed by atoms with Gasteiger partial charge in [0.2, 0.25) is 0 Å². The summed E-state index contributed by atoms with van der Waals surface area (Å²) >= 11 is 0. The second-order valence-corrected chi connectivity index (χ2v) is 3.39. The van der Waals surface area contributed by atoms with Crippen LogP contribution in [0.1, 0.15) is 0 Å². The molecule has 0 aliphatic rings. The highest BCUT2D eigenvalue weighted by atomic mass is 15.1. The van der Waals surface area contributed by atoms with Gasteiger partial charge >= 0.3 is 0 Å². The Balaban J connectivity index is 1.85. The van der Waals surface area contributed by atoms with E-state index in [1.807, 2.05) is 37.6 Å². The lowest BCUT2D eigenvalue weighted by molar-refractivity contribution is 0.731. The van der Waals surface area contributed by atoms with Gasteiger partial charge in [-0.3, -0.25) is 0 Å². The maximum Gasteiger partial charge on any atom is 0.131 e. The van der Waals surface area contributed by atoms with Crippen LogP contribution in [0.3, 0.4) is 0 Å². The lowest BCUT2D eigenvalue weighted by Crippen LogP contribution is -2.10. The van der Waals surface area contributed by atoms with Gasteiger partial charge in [-0.2, -0.15) is 0 Å². The molecule has 2 heterocycles. The van der Waals surface area contributed by atoms with E-state index in [1.54, 1.807) is 6.33 Å². The minimum Gasteiger partial charge on any atom is -0.373 e. The molecular formula is C11H15N5. The molecule has 0 fully saturated rings. The third-order valence-electron chi connectivity index (χ3n) is 2.27. The SMILES string of the molecule is CNc1cc(NCCn2cccc2)ncn1. The first kappa shape index (κ1) is 10.5. The lowest BCUT2D eigenvalue weighted by Gasteiger charge is -2.07. The van der Waals surface area contributed by atoms with Gasteiger partial charge in [0.05, 0.1) is 0 Å². The number of hydrogen-bond acceptors (Lipinski definition) is 4. The first-order chi connectivity index (χ1) is 7.88. The van der Waals surface area contributed by atoms with Gasteiger partial charge in [0.15, 0.2) is 0 Å². The summed E-state index contributed by atoms with van der Waals surface area (Å²) in [5.41, 5.74) is 0. The largest absolute Gasteiger partial charge is 0.373 e. The van der Waals surface area contributed by atoms with Crippen LogP contribution in [0.15, 0.2) is 36.9 Å². The predicted octanol–water partition coefficient (Wildman–Crippen LogP) is 1.43. The van der Waals surface area contributed by atoms with Gasteiger partial charge < -0.3 is 15.2 Å². The van der Waals surface area contributed by atoms with E-state index in [0.717, 1.165) is 24.7 Å². The Hall–Kier alpha value is -2.04. The van der Waals surface area contributed by atoms with Crippen LogP contribution in [-0.4, -0.2) is 28.1 Å². The van der Waals surface area contributed by atoms with Crippen molar-refractivity contribution in [3.63, 3.8) is 0 Å². The number of nitrogens with zero attached hydrogens (tertiary/aromatic N) is 3. The summed E-state index contributed by atoms with van der Waals surface area (Å²) in [6.07, 6.45) is 5.63. The maximum atomic E-state index is 4.13. The van der Waals surface area contributed by atoms with Crippen molar-refractivity contribution < 1.29 is 0 Å². The molecule has 0 spiro atoms. The fourth-order valence-corrected chi connectivity index (χ4v) is 1.42. The number of rotatable bonds is 5. The molecule has 2 aromatic heterocycles. The van der Waals surface area contributed by atoms with Crippen LogP contribution in [0.2, 0.25) is 0 Å². The molecule has 0 atom stereocenters. The molecule has 0 radical (unpaired) electrons. The molecule has 2 rings (SSSR count). The highest BCUT2D eigenvalue weighted by Crippen LogP contribution is 2.06. The van der Waals surface area contributed by atoms with Crippen molar-refractivity contribution in [1.82, 2.24) is 14.5 Å². The molecule has 5 heteroatoms. The average Bonchev–Trinajstić information content (AvgIpc) is 2.82. The topological polar surface area (TPSA) is 54.8 Å². The normalized spacial score (nSPS) is 10.1. The van der Waals surface area contributed by atoms with E-state index < -0.39 is 0 Å². The molecule has 2 N–H and O–H groups in total. The van der Waals surface area contributed by atoms with E-state index in [0.29, 0.717) is 0 Å². The molecule has 0 saturated carbocycles. The Bertz CT molecular complexity index is 424. The number of hydrogen-bond donors (Lipinski definition) is 2. The van der Waals surface area contributed by atoms with Gasteiger partial charge in [-0.1, -0.05) is 0 Å². The number of nitrogens with one attached hydrogen (secondary N) is 2. The summed E-state index contributed by atoms with van der Waals surface area (Å²) < 4.78 is 2.12. The molecule has 84 valence electrons. The van der Waals surface area contributed by atoms with Gasteiger partial charge in [-0.15, -0.1) is 0 Å². The minimum atomic E-state index is 0.818. The summed E-state index contributed by atoms with van der Waals surface area (Å²) in [5.74, 6) is 1.66. The van der Waals surface area contributed by atoms with Crippen molar-refractivity contribution in [2.75, 3.05) is 24.2 Å². The Morgan fingerprint density at radius 1 is 1.19 bits per heavy atom. The standard InChI is InChI=1S/C11H15N5/c1-12-10-8-11(15-9-14-10)13-4-7-16-5-2-3-6-16/h2-3,5-6,8-9H,4,7H2,1H3,(H2,12,13,14,15). The van der Waals surface area contributed by atoms with E-state index in [2.05, 4.69) is 25.2 Å². The van der Waals surface area contributed by atoms with Crippen LogP contribution in [0.25, 0.3) is 0 Å². The van der Waals surface area contributed by atoms with E-state index in [-0.39, 0.29) is 0 Å². The predicted molar refractivity (Wildman–Crippen MR) is 64.5 cm³/mol. The van der Waals surface area contributed by atoms with Gasteiger partial charge in [0.25, 0.3) is 0 Å². The molecule has 0 aromatic carbocycles. The van der Waals surface area contributed by atoms with Crippen molar-refractivity contribution in [2.24, 2.45) is 0 Å². The van der Waals surface area contributed by atoms with Crippen LogP contribution in [0, 0.1) is 0 Å². The second kappa shape index (κ2) is 5.16. The van der Waals surface area contributed by atoms with Crippen molar-refractivity contribution in [2.45, 2.75) is 6.54 Å². The van der Waals surface area contributed by atoms with Gasteiger partial charge in [-0.05, 0) is 12.1 Å². The first-order valence-corrected chi connectivity index (χ1v) is 5.23. The molecule has 5 nitrogen and oxygen atoms in total. The summed E-state index contributed by atoms with van der Waals surface area (Å²) in [5, 5.41) is 6.22. The molecule has 16 heavy (non-hydrogen) atoms. The van der Waals surface area contributed by atoms with E-state index in [9.17, 15) is 0 Å². The van der Waals surface area contributed by atoms with Crippen LogP contribution in [0.4, 0.5) is 11.6 Å². The molecule has 2 aromatic rings. The molecule has 0 aliphatic heterocycles. The van der Waals surface area contributed by atoms with Gasteiger partial charge in [0.1, 0.15) is 18.0 Å². The zero-order valence-electron chi connectivity index (χ0n) is 9.22. The average molecular weight is 217 g/mol. The van der Waals surface area contributed by atoms with Crippen molar-refractivity contribution in [1.29, 1.82) is 0 Å². The zero-order valence-corrected chi connectivity index (χ0v) is 9.22. The van der Waals surface area contributed by atoms with E-state index in [4.69, 9.17) is 0 Å². The number of anilines is 2. The van der Waals surface area contributed by atoms with Crippen LogP contribution >= 0.6 is 0 Å². The third kappa shape index (κ3) is 2.73. The fourth-order valence-electron chi connectivity index (χ4n) is 1.42. The second-order valence-electron chi connectivity index (χ2n) is 3.39. The number of aromatic nitrogens is 3. The van der Waals surface area contributed by atoms with Crippen LogP contribution in [-0.2, 0) is 6.54 Å². The third-order valence-corrected chi connectivity index (χ3v) is 2.27. The smallest absolute Gasteiger partial charge is 0.131 e. The highest BCUT2D eigenvalue weighted by molar-refractivity contribution is 5.45. The molecular weight excluding hydrogens is 202 g/mol. The Labute approximate surface area is 94.5 Å². The van der Waals surface area contributed by atoms with E-state index in [1.165, 1.54) is 0 Å². The summed E-state index contributed by atoms with van der Waals surface area (Å²) in [6, 6.07) is 5.92. The van der Waals surface area contributed by atoms with Crippen LogP contribution in [0.5, 0.6) is 0 Å². The van der Waals surface area contributed by atoms with Crippen LogP contribution < -0.4 is 10.6 Å². The van der Waals surface area contributed by atoms with Crippen molar-refractivity contribution in [3.8, 4) is 0 Å². The summed E-state index contributed by atoms with van der Waals surface area (Å²) in [6.45, 7) is 1.76. The monoisotopic (exact) mass is 217 g/mol. The lowest BCUT2D eigenvalue weighted by atomic mass is 10.5. The van der Waals surface area contributed by atoms with Crippen molar-refractivity contribution >= 4 is 11.6 Å². The molecule has 0 saturated heterocycles. The quantitative estimate of drug-likeness (QED) is 0.795. The van der Waals surface area contributed by atoms with E-state index >= 15 is 0 Å². The maximum absolute atomic E-state index is 4.13. The molecule has 0 amide bonds. The molecule has 0 unspecified atom stereocenters. The Morgan fingerprint density at radius 3 is 2.69 bits per heavy atom. The van der Waals surface area contributed by atoms with Crippen molar-refractivity contribution in [3.05, 3.63) is 36.9 Å². The minimum absolute atomic E-state index is 0.818. The molecule has 0 bridgehead atoms. The Morgan fingerprint density at radius 2 is 1.94 bits per heavy atom. The fraction of sp³-hybridized carbons (Fsp3) is 0.273. The highest BCUT2D eigenvalue weighted by Gasteiger charge is 1.96. The molecule has 0 aliphatic carbocycles. The first-order valence-electron chi connectivity index (χ1n) is 5.23. The Kier molecular flexibility index (Phi) is 3.38.